The van der Waals surface area contributed by atoms with E-state index in [0.29, 0.717) is 30.1 Å². The van der Waals surface area contributed by atoms with Crippen molar-refractivity contribution < 1.29 is 22.7 Å². The summed E-state index contributed by atoms with van der Waals surface area (Å²) in [5, 5.41) is 0. The van der Waals surface area contributed by atoms with Gasteiger partial charge in [-0.15, -0.1) is 0 Å². The molecule has 1 atom stereocenters. The molecule has 162 valence electrons. The number of hydrogen-bond donors (Lipinski definition) is 0. The number of likely N-dealkylation sites (N-methyl/N-ethyl adjacent to an activating group) is 1. The Morgan fingerprint density at radius 3 is 2.53 bits per heavy atom. The molecule has 1 aliphatic rings. The Balaban J connectivity index is 1.82. The summed E-state index contributed by atoms with van der Waals surface area (Å²) in [6, 6.07) is 12.9. The first kappa shape index (κ1) is 22.1. The molecule has 0 aromatic heterocycles. The monoisotopic (exact) mass is 432 g/mol. The van der Waals surface area contributed by atoms with Crippen molar-refractivity contribution in [3.8, 4) is 5.75 Å². The number of amides is 1. The quantitative estimate of drug-likeness (QED) is 0.640. The summed E-state index contributed by atoms with van der Waals surface area (Å²) in [6.45, 7) is 3.67. The first-order valence-electron chi connectivity index (χ1n) is 10.0. The average molecular weight is 433 g/mol. The molecule has 8 heteroatoms. The molecule has 2 aromatic rings. The van der Waals surface area contributed by atoms with Crippen LogP contribution in [0, 0.1) is 0 Å². The summed E-state index contributed by atoms with van der Waals surface area (Å²) >= 11 is 0. The van der Waals surface area contributed by atoms with Crippen LogP contribution in [0.1, 0.15) is 30.1 Å². The normalized spacial score (nSPS) is 16.3. The molecule has 1 aliphatic heterocycles. The van der Waals surface area contributed by atoms with E-state index in [0.717, 1.165) is 19.4 Å². The van der Waals surface area contributed by atoms with Gasteiger partial charge in [0.15, 0.2) is 0 Å². The van der Waals surface area contributed by atoms with E-state index in [-0.39, 0.29) is 16.9 Å². The molecule has 1 unspecified atom stereocenters. The van der Waals surface area contributed by atoms with E-state index in [4.69, 9.17) is 9.47 Å². The second-order valence-corrected chi connectivity index (χ2v) is 9.15. The van der Waals surface area contributed by atoms with Gasteiger partial charge in [-0.1, -0.05) is 6.07 Å². The minimum atomic E-state index is -3.83. The van der Waals surface area contributed by atoms with E-state index in [1.165, 1.54) is 23.5 Å². The molecule has 1 heterocycles. The van der Waals surface area contributed by atoms with Crippen molar-refractivity contribution >= 4 is 21.6 Å². The maximum atomic E-state index is 13.1. The van der Waals surface area contributed by atoms with Gasteiger partial charge in [-0.2, -0.15) is 0 Å². The fourth-order valence-corrected chi connectivity index (χ4v) is 4.69. The molecule has 1 amide bonds. The van der Waals surface area contributed by atoms with E-state index < -0.39 is 10.0 Å². The zero-order chi connectivity index (χ0) is 21.7. The Bertz CT molecular complexity index is 969. The fourth-order valence-electron chi connectivity index (χ4n) is 3.45. The van der Waals surface area contributed by atoms with Gasteiger partial charge >= 0.3 is 0 Å². The number of nitrogens with zero attached hydrogens (tertiary/aromatic N) is 2. The highest BCUT2D eigenvalue weighted by molar-refractivity contribution is 7.92. The Morgan fingerprint density at radius 2 is 1.93 bits per heavy atom. The van der Waals surface area contributed by atoms with E-state index in [1.807, 2.05) is 6.92 Å². The van der Waals surface area contributed by atoms with Gasteiger partial charge in [0.1, 0.15) is 5.75 Å². The molecule has 3 rings (SSSR count). The van der Waals surface area contributed by atoms with Crippen molar-refractivity contribution in [3.63, 3.8) is 0 Å². The summed E-state index contributed by atoms with van der Waals surface area (Å²) in [7, 11) is -0.786. The second-order valence-electron chi connectivity index (χ2n) is 7.18. The van der Waals surface area contributed by atoms with Crippen LogP contribution in [0.15, 0.2) is 53.4 Å². The molecule has 0 spiro atoms. The number of carbonyl (C=O) groups is 1. The Labute approximate surface area is 178 Å². The first-order chi connectivity index (χ1) is 14.4. The maximum Gasteiger partial charge on any atom is 0.264 e. The zero-order valence-corrected chi connectivity index (χ0v) is 18.4. The third-order valence-corrected chi connectivity index (χ3v) is 7.07. The number of methoxy groups -OCH3 is 1. The summed E-state index contributed by atoms with van der Waals surface area (Å²) in [4.78, 5) is 14.8. The molecule has 0 radical (unpaired) electrons. The third-order valence-electron chi connectivity index (χ3n) is 5.29. The number of ether oxygens (including phenoxy) is 2. The van der Waals surface area contributed by atoms with Gasteiger partial charge in [0, 0.05) is 32.3 Å². The van der Waals surface area contributed by atoms with E-state index >= 15 is 0 Å². The minimum Gasteiger partial charge on any atom is -0.497 e. The molecule has 1 fully saturated rings. The lowest BCUT2D eigenvalue weighted by atomic mass is 10.1. The lowest BCUT2D eigenvalue weighted by Crippen LogP contribution is -2.37. The molecule has 0 N–H and O–H groups in total. The number of benzene rings is 2. The van der Waals surface area contributed by atoms with Crippen LogP contribution in [-0.4, -0.2) is 59.2 Å². The van der Waals surface area contributed by atoms with E-state index in [1.54, 1.807) is 48.4 Å². The van der Waals surface area contributed by atoms with Crippen LogP contribution in [0.25, 0.3) is 0 Å². The van der Waals surface area contributed by atoms with Gasteiger partial charge in [0.2, 0.25) is 0 Å². The highest BCUT2D eigenvalue weighted by Gasteiger charge is 2.25. The molecule has 1 saturated heterocycles. The molecular formula is C22H28N2O5S. The summed E-state index contributed by atoms with van der Waals surface area (Å²) < 4.78 is 38.2. The predicted octanol–water partition coefficient (Wildman–Crippen LogP) is 3.16. The number of sulfonamides is 1. The number of rotatable bonds is 8. The van der Waals surface area contributed by atoms with Gasteiger partial charge in [-0.05, 0) is 62.2 Å². The van der Waals surface area contributed by atoms with Crippen molar-refractivity contribution in [2.75, 3.05) is 38.2 Å². The van der Waals surface area contributed by atoms with Crippen LogP contribution < -0.4 is 9.04 Å². The molecule has 0 saturated carbocycles. The molecule has 0 bridgehead atoms. The zero-order valence-electron chi connectivity index (χ0n) is 17.6. The lowest BCUT2D eigenvalue weighted by Gasteiger charge is -2.24. The first-order valence-corrected chi connectivity index (χ1v) is 11.4. The van der Waals surface area contributed by atoms with Gasteiger partial charge in [-0.25, -0.2) is 8.42 Å². The van der Waals surface area contributed by atoms with Crippen LogP contribution in [-0.2, 0) is 14.8 Å². The Kier molecular flexibility index (Phi) is 6.99. The topological polar surface area (TPSA) is 76.2 Å². The highest BCUT2D eigenvalue weighted by Crippen LogP contribution is 2.25. The van der Waals surface area contributed by atoms with Gasteiger partial charge in [0.05, 0.1) is 23.8 Å². The van der Waals surface area contributed by atoms with Crippen molar-refractivity contribution in [2.45, 2.75) is 30.8 Å². The summed E-state index contributed by atoms with van der Waals surface area (Å²) in [5.41, 5.74) is 0.847. The molecule has 30 heavy (non-hydrogen) atoms. The van der Waals surface area contributed by atoms with Gasteiger partial charge < -0.3 is 14.4 Å². The van der Waals surface area contributed by atoms with Crippen LogP contribution in [0.2, 0.25) is 0 Å². The number of hydrogen-bond acceptors (Lipinski definition) is 5. The summed E-state index contributed by atoms with van der Waals surface area (Å²) in [6.07, 6.45) is 1.98. The van der Waals surface area contributed by atoms with Crippen LogP contribution in [0.4, 0.5) is 5.69 Å². The molecule has 0 aliphatic carbocycles. The summed E-state index contributed by atoms with van der Waals surface area (Å²) in [5.74, 6) is 0.445. The lowest BCUT2D eigenvalue weighted by molar-refractivity contribution is 0.0539. The van der Waals surface area contributed by atoms with Crippen LogP contribution in [0.5, 0.6) is 5.75 Å². The predicted molar refractivity (Wildman–Crippen MR) is 116 cm³/mol. The number of anilines is 1. The SMILES string of the molecule is CCN(CC1CCCO1)C(=O)c1cccc(S(=O)(=O)N(C)c2ccc(OC)cc2)c1. The Morgan fingerprint density at radius 1 is 1.20 bits per heavy atom. The van der Waals surface area contributed by atoms with Crippen LogP contribution in [0.3, 0.4) is 0 Å². The Hall–Kier alpha value is -2.58. The standard InChI is InChI=1S/C22H28N2O5S/c1-4-24(16-20-8-6-14-29-20)22(25)17-7-5-9-21(15-17)30(26,27)23(2)18-10-12-19(28-3)13-11-18/h5,7,9-13,15,20H,4,6,8,14,16H2,1-3H3. The molecule has 2 aromatic carbocycles. The third kappa shape index (κ3) is 4.76. The van der Waals surface area contributed by atoms with Gasteiger partial charge in [0.25, 0.3) is 15.9 Å². The van der Waals surface area contributed by atoms with Crippen LogP contribution >= 0.6 is 0 Å². The van der Waals surface area contributed by atoms with Crippen molar-refractivity contribution in [1.82, 2.24) is 4.90 Å². The molecular weight excluding hydrogens is 404 g/mol. The maximum absolute atomic E-state index is 13.1. The smallest absolute Gasteiger partial charge is 0.264 e. The average Bonchev–Trinajstić information content (AvgIpc) is 3.30. The fraction of sp³-hybridized carbons (Fsp3) is 0.409. The minimum absolute atomic E-state index is 0.0435. The van der Waals surface area contributed by atoms with Crippen molar-refractivity contribution in [1.29, 1.82) is 0 Å². The van der Waals surface area contributed by atoms with E-state index in [2.05, 4.69) is 0 Å². The van der Waals surface area contributed by atoms with E-state index in [9.17, 15) is 13.2 Å². The van der Waals surface area contributed by atoms with Crippen molar-refractivity contribution in [2.24, 2.45) is 0 Å². The number of carbonyl (C=O) groups excluding carboxylic acids is 1. The van der Waals surface area contributed by atoms with Crippen molar-refractivity contribution in [3.05, 3.63) is 54.1 Å². The highest BCUT2D eigenvalue weighted by atomic mass is 32.2. The second kappa shape index (κ2) is 9.49. The van der Waals surface area contributed by atoms with Gasteiger partial charge in [-0.3, -0.25) is 9.10 Å². The molecule has 7 nitrogen and oxygen atoms in total. The largest absolute Gasteiger partial charge is 0.497 e.